The van der Waals surface area contributed by atoms with E-state index in [0.29, 0.717) is 4.73 Å². The third-order valence-corrected chi connectivity index (χ3v) is 1.38. The average molecular weight is 243 g/mol. The molecule has 0 saturated carbocycles. The standard InChI is InChI=1S/C4H6N4O.C4H7NO3/c5-3-1-2-7-4(6)8(3)9;1-3(6)5-2-4(7)8/h1-2,6,9H,5H2;2H2,1H3,(H,5,6)(H,7,8). The Morgan fingerprint density at radius 2 is 2.24 bits per heavy atom. The van der Waals surface area contributed by atoms with Crippen LogP contribution in [-0.2, 0) is 9.59 Å². The van der Waals surface area contributed by atoms with Gasteiger partial charge in [-0.2, -0.15) is 0 Å². The second kappa shape index (κ2) is 6.82. The monoisotopic (exact) mass is 243 g/mol. The molecule has 0 aliphatic carbocycles. The molecule has 0 radical (unpaired) electrons. The summed E-state index contributed by atoms with van der Waals surface area (Å²) in [6.45, 7) is 0.971. The molecule has 9 heteroatoms. The zero-order chi connectivity index (χ0) is 13.4. The number of nitrogens with two attached hydrogens (primary N) is 1. The van der Waals surface area contributed by atoms with Gasteiger partial charge in [-0.1, -0.05) is 0 Å². The van der Waals surface area contributed by atoms with Crippen molar-refractivity contribution in [1.82, 2.24) is 15.0 Å². The topological polar surface area (TPSA) is 154 Å². The number of nitrogens with one attached hydrogen (secondary N) is 2. The molecule has 17 heavy (non-hydrogen) atoms. The van der Waals surface area contributed by atoms with E-state index in [9.17, 15) is 9.59 Å². The lowest BCUT2D eigenvalue weighted by molar-refractivity contribution is -0.137. The summed E-state index contributed by atoms with van der Waals surface area (Å²) in [4.78, 5) is 23.1. The molecule has 0 aromatic carbocycles. The number of hydrogen-bond donors (Lipinski definition) is 5. The summed E-state index contributed by atoms with van der Waals surface area (Å²) in [6.07, 6.45) is 1.35. The van der Waals surface area contributed by atoms with Crippen LogP contribution in [0.5, 0.6) is 0 Å². The average Bonchev–Trinajstić information content (AvgIpc) is 2.24. The number of rotatable bonds is 2. The number of aliphatic carboxylic acids is 1. The number of anilines is 1. The van der Waals surface area contributed by atoms with Crippen molar-refractivity contribution in [2.45, 2.75) is 6.92 Å². The molecule has 1 rings (SSSR count). The maximum absolute atomic E-state index is 9.97. The SMILES string of the molecule is CC(=O)NCC(=O)O.N=c1nccc(N)n1O. The molecule has 6 N–H and O–H groups in total. The molecule has 0 spiro atoms. The van der Waals surface area contributed by atoms with Crippen molar-refractivity contribution < 1.29 is 19.9 Å². The first-order valence-electron chi connectivity index (χ1n) is 4.38. The van der Waals surface area contributed by atoms with Crippen LogP contribution in [0.25, 0.3) is 0 Å². The Bertz CT molecular complexity index is 441. The Balaban J connectivity index is 0.000000304. The highest BCUT2D eigenvalue weighted by Gasteiger charge is 1.94. The van der Waals surface area contributed by atoms with Crippen LogP contribution in [0.3, 0.4) is 0 Å². The Hall–Kier alpha value is -2.58. The quantitative estimate of drug-likeness (QED) is 0.393. The first-order chi connectivity index (χ1) is 7.84. The first kappa shape index (κ1) is 14.4. The Kier molecular flexibility index (Phi) is 5.79. The van der Waals surface area contributed by atoms with E-state index in [2.05, 4.69) is 10.3 Å². The van der Waals surface area contributed by atoms with Crippen molar-refractivity contribution >= 4 is 17.7 Å². The number of carbonyl (C=O) groups is 2. The van der Waals surface area contributed by atoms with E-state index < -0.39 is 5.97 Å². The van der Waals surface area contributed by atoms with Gasteiger partial charge in [0.1, 0.15) is 12.4 Å². The summed E-state index contributed by atoms with van der Waals surface area (Å²) in [7, 11) is 0. The number of aromatic nitrogens is 2. The minimum atomic E-state index is -1.03. The molecule has 9 nitrogen and oxygen atoms in total. The molecular formula is C8H13N5O4. The molecule has 0 saturated heterocycles. The fourth-order valence-corrected chi connectivity index (χ4v) is 0.632. The first-order valence-corrected chi connectivity index (χ1v) is 4.38. The van der Waals surface area contributed by atoms with Gasteiger partial charge in [-0.25, -0.2) is 4.98 Å². The zero-order valence-electron chi connectivity index (χ0n) is 9.04. The van der Waals surface area contributed by atoms with Crippen LogP contribution >= 0.6 is 0 Å². The van der Waals surface area contributed by atoms with Gasteiger partial charge in [0.05, 0.1) is 0 Å². The second-order valence-electron chi connectivity index (χ2n) is 2.81. The predicted octanol–water partition coefficient (Wildman–Crippen LogP) is -1.61. The van der Waals surface area contributed by atoms with Crippen molar-refractivity contribution in [3.63, 3.8) is 0 Å². The fraction of sp³-hybridized carbons (Fsp3) is 0.250. The molecule has 0 aliphatic heterocycles. The van der Waals surface area contributed by atoms with Crippen LogP contribution in [0.4, 0.5) is 5.82 Å². The van der Waals surface area contributed by atoms with Crippen molar-refractivity contribution in [3.05, 3.63) is 17.9 Å². The number of nitrogen functional groups attached to an aromatic ring is 1. The summed E-state index contributed by atoms with van der Waals surface area (Å²) < 4.78 is 0.500. The van der Waals surface area contributed by atoms with Crippen molar-refractivity contribution in [3.8, 4) is 0 Å². The lowest BCUT2D eigenvalue weighted by atomic mass is 10.6. The number of hydrogen-bond acceptors (Lipinski definition) is 6. The minimum Gasteiger partial charge on any atom is -0.480 e. The number of nitrogens with zero attached hydrogens (tertiary/aromatic N) is 2. The number of amides is 1. The molecule has 1 heterocycles. The molecule has 0 atom stereocenters. The fourth-order valence-electron chi connectivity index (χ4n) is 0.632. The van der Waals surface area contributed by atoms with E-state index in [1.54, 1.807) is 0 Å². The van der Waals surface area contributed by atoms with Gasteiger partial charge in [0.2, 0.25) is 5.91 Å². The molecule has 1 aromatic heterocycles. The molecule has 1 amide bonds. The van der Waals surface area contributed by atoms with Crippen molar-refractivity contribution in [1.29, 1.82) is 5.41 Å². The Labute approximate surface area is 96.0 Å². The van der Waals surface area contributed by atoms with E-state index in [0.717, 1.165) is 0 Å². The van der Waals surface area contributed by atoms with Crippen molar-refractivity contribution in [2.24, 2.45) is 0 Å². The maximum Gasteiger partial charge on any atom is 0.322 e. The van der Waals surface area contributed by atoms with Gasteiger partial charge in [0.15, 0.2) is 0 Å². The molecule has 0 bridgehead atoms. The van der Waals surface area contributed by atoms with Crippen LogP contribution in [0, 0.1) is 5.41 Å². The highest BCUT2D eigenvalue weighted by Crippen LogP contribution is 1.88. The van der Waals surface area contributed by atoms with E-state index in [1.807, 2.05) is 0 Å². The molecular weight excluding hydrogens is 230 g/mol. The number of carbonyl (C=O) groups excluding carboxylic acids is 1. The highest BCUT2D eigenvalue weighted by molar-refractivity contribution is 5.79. The van der Waals surface area contributed by atoms with Crippen LogP contribution in [0.1, 0.15) is 6.92 Å². The summed E-state index contributed by atoms with van der Waals surface area (Å²) in [5.41, 5.74) is 4.91. The van der Waals surface area contributed by atoms with Gasteiger partial charge >= 0.3 is 5.97 Å². The van der Waals surface area contributed by atoms with Gasteiger partial charge in [0.25, 0.3) is 5.62 Å². The highest BCUT2D eigenvalue weighted by atomic mass is 16.5. The molecule has 0 aliphatic rings. The van der Waals surface area contributed by atoms with Gasteiger partial charge in [-0.3, -0.25) is 15.0 Å². The van der Waals surface area contributed by atoms with Crippen LogP contribution in [0.2, 0.25) is 0 Å². The zero-order valence-corrected chi connectivity index (χ0v) is 9.04. The number of carboxylic acid groups (broad SMARTS) is 1. The third kappa shape index (κ3) is 6.49. The normalized spacial score (nSPS) is 8.76. The predicted molar refractivity (Wildman–Crippen MR) is 56.0 cm³/mol. The van der Waals surface area contributed by atoms with E-state index >= 15 is 0 Å². The van der Waals surface area contributed by atoms with Crippen LogP contribution in [-0.4, -0.2) is 38.4 Å². The summed E-state index contributed by atoms with van der Waals surface area (Å²) in [6, 6.07) is 1.40. The van der Waals surface area contributed by atoms with Gasteiger partial charge < -0.3 is 21.4 Å². The van der Waals surface area contributed by atoms with Crippen molar-refractivity contribution in [2.75, 3.05) is 12.3 Å². The lowest BCUT2D eigenvalue weighted by Gasteiger charge is -1.97. The molecule has 1 aromatic rings. The van der Waals surface area contributed by atoms with E-state index in [1.165, 1.54) is 19.2 Å². The molecule has 0 fully saturated rings. The van der Waals surface area contributed by atoms with E-state index in [-0.39, 0.29) is 23.9 Å². The lowest BCUT2D eigenvalue weighted by Crippen LogP contribution is -2.26. The van der Waals surface area contributed by atoms with Gasteiger partial charge in [-0.05, 0) is 0 Å². The second-order valence-corrected chi connectivity index (χ2v) is 2.81. The molecule has 0 unspecified atom stereocenters. The largest absolute Gasteiger partial charge is 0.480 e. The van der Waals surface area contributed by atoms with Crippen LogP contribution < -0.4 is 16.7 Å². The van der Waals surface area contributed by atoms with E-state index in [4.69, 9.17) is 21.5 Å². The van der Waals surface area contributed by atoms with Gasteiger partial charge in [0, 0.05) is 19.2 Å². The third-order valence-electron chi connectivity index (χ3n) is 1.38. The maximum atomic E-state index is 9.97. The summed E-state index contributed by atoms with van der Waals surface area (Å²) in [5.74, 6) is -1.25. The summed E-state index contributed by atoms with van der Waals surface area (Å²) in [5, 5.41) is 25.7. The Morgan fingerprint density at radius 1 is 1.65 bits per heavy atom. The summed E-state index contributed by atoms with van der Waals surface area (Å²) >= 11 is 0. The van der Waals surface area contributed by atoms with Gasteiger partial charge in [-0.15, -0.1) is 4.73 Å². The minimum absolute atomic E-state index is 0.106. The number of carboxylic acids is 1. The smallest absolute Gasteiger partial charge is 0.322 e. The van der Waals surface area contributed by atoms with Crippen LogP contribution in [0.15, 0.2) is 12.3 Å². The molecule has 94 valence electrons. The Morgan fingerprint density at radius 3 is 2.53 bits per heavy atom.